The van der Waals surface area contributed by atoms with Gasteiger partial charge in [0.2, 0.25) is 10.0 Å². The Morgan fingerprint density at radius 3 is 2.50 bits per heavy atom. The van der Waals surface area contributed by atoms with Gasteiger partial charge in [-0.25, -0.2) is 13.1 Å². The van der Waals surface area contributed by atoms with E-state index in [9.17, 15) is 13.2 Å². The zero-order valence-electron chi connectivity index (χ0n) is 14.6. The van der Waals surface area contributed by atoms with E-state index in [1.807, 2.05) is 0 Å². The monoisotopic (exact) mass is 444 g/mol. The number of hydrogen-bond acceptors (Lipinski definition) is 5. The first-order valence-corrected chi connectivity index (χ1v) is 10.2. The number of hydrogen-bond donors (Lipinski definition) is 1. The van der Waals surface area contributed by atoms with E-state index in [1.54, 1.807) is 22.9 Å². The summed E-state index contributed by atoms with van der Waals surface area (Å²) in [7, 11) is -0.702. The molecular weight excluding hydrogens is 424 g/mol. The lowest BCUT2D eigenvalue weighted by Gasteiger charge is -2.11. The highest BCUT2D eigenvalue weighted by Gasteiger charge is 2.16. The van der Waals surface area contributed by atoms with Gasteiger partial charge in [0.1, 0.15) is 0 Å². The van der Waals surface area contributed by atoms with Crippen LogP contribution in [0, 0.1) is 0 Å². The smallest absolute Gasteiger partial charge is 0.250 e. The van der Waals surface area contributed by atoms with E-state index in [-0.39, 0.29) is 17.0 Å². The first-order valence-electron chi connectivity index (χ1n) is 7.95. The lowest BCUT2D eigenvalue weighted by atomic mass is 10.3. The second-order valence-corrected chi connectivity index (χ2v) is 8.18. The third kappa shape index (κ3) is 5.33. The minimum atomic E-state index is -3.64. The van der Waals surface area contributed by atoms with Crippen LogP contribution >= 0.6 is 15.9 Å². The Bertz CT molecular complexity index is 912. The molecule has 0 amide bonds. The van der Waals surface area contributed by atoms with Crippen molar-refractivity contribution in [2.45, 2.75) is 24.3 Å². The van der Waals surface area contributed by atoms with E-state index in [2.05, 4.69) is 20.7 Å². The summed E-state index contributed by atoms with van der Waals surface area (Å²) < 4.78 is 39.9. The summed E-state index contributed by atoms with van der Waals surface area (Å²) in [6, 6.07) is 7.61. The Kier molecular flexibility index (Phi) is 7.24. The molecule has 0 spiro atoms. The molecule has 0 radical (unpaired) electrons. The minimum absolute atomic E-state index is 0.0842. The van der Waals surface area contributed by atoms with Crippen molar-refractivity contribution in [1.29, 1.82) is 0 Å². The van der Waals surface area contributed by atoms with Crippen LogP contribution in [0.3, 0.4) is 0 Å². The molecule has 7 nitrogen and oxygen atoms in total. The number of ether oxygens (including phenoxy) is 2. The molecule has 0 aliphatic heterocycles. The van der Waals surface area contributed by atoms with Gasteiger partial charge in [-0.2, -0.15) is 0 Å². The lowest BCUT2D eigenvalue weighted by molar-refractivity contribution is 0.354. The number of benzene rings is 1. The van der Waals surface area contributed by atoms with Crippen LogP contribution in [0.4, 0.5) is 0 Å². The van der Waals surface area contributed by atoms with Gasteiger partial charge in [0, 0.05) is 35.9 Å². The fourth-order valence-electron chi connectivity index (χ4n) is 2.36. The van der Waals surface area contributed by atoms with E-state index >= 15 is 0 Å². The predicted molar refractivity (Wildman–Crippen MR) is 102 cm³/mol. The van der Waals surface area contributed by atoms with Crippen LogP contribution in [0.15, 0.2) is 50.7 Å². The maximum Gasteiger partial charge on any atom is 0.250 e. The molecule has 1 heterocycles. The normalized spacial score (nSPS) is 11.3. The zero-order chi connectivity index (χ0) is 19.2. The van der Waals surface area contributed by atoms with Crippen LogP contribution in [0.5, 0.6) is 11.5 Å². The van der Waals surface area contributed by atoms with Crippen LogP contribution in [-0.4, -0.2) is 33.7 Å². The average Bonchev–Trinajstić information content (AvgIpc) is 2.63. The molecule has 2 aromatic rings. The molecule has 0 saturated heterocycles. The van der Waals surface area contributed by atoms with E-state index in [0.29, 0.717) is 30.9 Å². The van der Waals surface area contributed by atoms with Gasteiger partial charge in [-0.15, -0.1) is 0 Å². The van der Waals surface area contributed by atoms with Crippen LogP contribution in [0.25, 0.3) is 0 Å². The third-order valence-electron chi connectivity index (χ3n) is 3.73. The van der Waals surface area contributed by atoms with E-state index in [1.165, 1.54) is 32.4 Å². The van der Waals surface area contributed by atoms with Crippen molar-refractivity contribution in [3.63, 3.8) is 0 Å². The fourth-order valence-corrected chi connectivity index (χ4v) is 3.83. The van der Waals surface area contributed by atoms with Gasteiger partial charge in [0.05, 0.1) is 19.1 Å². The number of aryl methyl sites for hydroxylation is 1. The third-order valence-corrected chi connectivity index (χ3v) is 5.66. The molecule has 0 atom stereocenters. The predicted octanol–water partition coefficient (Wildman–Crippen LogP) is 2.39. The summed E-state index contributed by atoms with van der Waals surface area (Å²) in [5.41, 5.74) is -0.0842. The first kappa shape index (κ1) is 20.5. The number of rotatable bonds is 9. The average molecular weight is 445 g/mol. The summed E-state index contributed by atoms with van der Waals surface area (Å²) >= 11 is 3.32. The van der Waals surface area contributed by atoms with E-state index < -0.39 is 10.0 Å². The Balaban J connectivity index is 1.90. The number of sulfonamides is 1. The number of nitrogens with one attached hydrogen (secondary N) is 1. The Morgan fingerprint density at radius 2 is 1.81 bits per heavy atom. The Hall–Kier alpha value is -1.84. The van der Waals surface area contributed by atoms with Crippen molar-refractivity contribution in [3.05, 3.63) is 51.4 Å². The zero-order valence-corrected chi connectivity index (χ0v) is 17.0. The van der Waals surface area contributed by atoms with E-state index in [4.69, 9.17) is 9.47 Å². The van der Waals surface area contributed by atoms with Gasteiger partial charge in [-0.1, -0.05) is 0 Å². The summed E-state index contributed by atoms with van der Waals surface area (Å²) in [6.45, 7) is 0.801. The largest absolute Gasteiger partial charge is 0.493 e. The van der Waals surface area contributed by atoms with Crippen molar-refractivity contribution in [2.75, 3.05) is 20.8 Å². The molecule has 142 valence electrons. The quantitative estimate of drug-likeness (QED) is 0.599. The van der Waals surface area contributed by atoms with Gasteiger partial charge in [-0.3, -0.25) is 4.79 Å². The number of methoxy groups -OCH3 is 2. The van der Waals surface area contributed by atoms with Crippen LogP contribution in [0.1, 0.15) is 12.8 Å². The molecule has 0 fully saturated rings. The molecule has 2 rings (SSSR count). The number of halogens is 1. The van der Waals surface area contributed by atoms with Crippen molar-refractivity contribution in [1.82, 2.24) is 9.29 Å². The topological polar surface area (TPSA) is 86.6 Å². The highest BCUT2D eigenvalue weighted by atomic mass is 79.9. The van der Waals surface area contributed by atoms with Gasteiger partial charge in [0.25, 0.3) is 5.56 Å². The van der Waals surface area contributed by atoms with Crippen molar-refractivity contribution >= 4 is 26.0 Å². The first-order chi connectivity index (χ1) is 12.4. The number of unbranched alkanes of at least 4 members (excludes halogenated alkanes) is 1. The Morgan fingerprint density at radius 1 is 1.08 bits per heavy atom. The second-order valence-electron chi connectivity index (χ2n) is 5.50. The SMILES string of the molecule is COc1ccc(S(=O)(=O)NCCCCn2cc(Br)ccc2=O)cc1OC. The minimum Gasteiger partial charge on any atom is -0.493 e. The number of aromatic nitrogens is 1. The van der Waals surface area contributed by atoms with Gasteiger partial charge in [0.15, 0.2) is 11.5 Å². The van der Waals surface area contributed by atoms with Crippen molar-refractivity contribution in [3.8, 4) is 11.5 Å². The number of nitrogens with zero attached hydrogens (tertiary/aromatic N) is 1. The molecule has 9 heteroatoms. The van der Waals surface area contributed by atoms with Crippen molar-refractivity contribution in [2.24, 2.45) is 0 Å². The van der Waals surface area contributed by atoms with Crippen LogP contribution in [-0.2, 0) is 16.6 Å². The fraction of sp³-hybridized carbons (Fsp3) is 0.353. The highest BCUT2D eigenvalue weighted by Crippen LogP contribution is 2.29. The summed E-state index contributed by atoms with van der Waals surface area (Å²) in [4.78, 5) is 11.8. The van der Waals surface area contributed by atoms with Crippen molar-refractivity contribution < 1.29 is 17.9 Å². The molecular formula is C17H21BrN2O5S. The molecule has 0 bridgehead atoms. The van der Waals surface area contributed by atoms with Crippen LogP contribution in [0.2, 0.25) is 0 Å². The molecule has 1 aromatic carbocycles. The molecule has 26 heavy (non-hydrogen) atoms. The lowest BCUT2D eigenvalue weighted by Crippen LogP contribution is -2.25. The maximum atomic E-state index is 12.4. The summed E-state index contributed by atoms with van der Waals surface area (Å²) in [5, 5.41) is 0. The van der Waals surface area contributed by atoms with Gasteiger partial charge < -0.3 is 14.0 Å². The molecule has 0 unspecified atom stereocenters. The standard InChI is InChI=1S/C17H21BrN2O5S/c1-24-15-7-6-14(11-16(15)25-2)26(22,23)19-9-3-4-10-20-12-13(18)5-8-17(20)21/h5-8,11-12,19H,3-4,9-10H2,1-2H3. The molecule has 0 aliphatic rings. The highest BCUT2D eigenvalue weighted by molar-refractivity contribution is 9.10. The maximum absolute atomic E-state index is 12.4. The number of pyridine rings is 1. The molecule has 0 saturated carbocycles. The molecule has 0 aliphatic carbocycles. The Labute approximate surface area is 161 Å². The van der Waals surface area contributed by atoms with Gasteiger partial charge in [-0.05, 0) is 47.0 Å². The summed E-state index contributed by atoms with van der Waals surface area (Å²) in [5.74, 6) is 0.815. The molecule has 1 aromatic heterocycles. The van der Waals surface area contributed by atoms with Gasteiger partial charge >= 0.3 is 0 Å². The van der Waals surface area contributed by atoms with Crippen LogP contribution < -0.4 is 19.8 Å². The van der Waals surface area contributed by atoms with E-state index in [0.717, 1.165) is 4.47 Å². The molecule has 1 N–H and O–H groups in total. The second kappa shape index (κ2) is 9.20. The summed E-state index contributed by atoms with van der Waals surface area (Å²) in [6.07, 6.45) is 2.99.